The van der Waals surface area contributed by atoms with Crippen molar-refractivity contribution in [3.05, 3.63) is 24.3 Å². The van der Waals surface area contributed by atoms with Gasteiger partial charge in [0.15, 0.2) is 0 Å². The van der Waals surface area contributed by atoms with Gasteiger partial charge < -0.3 is 15.0 Å². The second-order valence-corrected chi connectivity index (χ2v) is 5.06. The lowest BCUT2D eigenvalue weighted by Gasteiger charge is -2.29. The van der Waals surface area contributed by atoms with Crippen LogP contribution in [0.5, 0.6) is 0 Å². The topological polar surface area (TPSA) is 53.2 Å². The first-order valence-corrected chi connectivity index (χ1v) is 6.82. The fraction of sp³-hybridized carbons (Fsp3) is 0.500. The van der Waals surface area contributed by atoms with Crippen LogP contribution in [0.25, 0.3) is 11.0 Å². The SMILES string of the molecule is CC(CN1CCOCC1)Nc1nc2ccccc2[nH]1. The van der Waals surface area contributed by atoms with Crippen molar-refractivity contribution < 1.29 is 4.74 Å². The fourth-order valence-corrected chi connectivity index (χ4v) is 2.47. The summed E-state index contributed by atoms with van der Waals surface area (Å²) >= 11 is 0. The number of imidazole rings is 1. The smallest absolute Gasteiger partial charge is 0.201 e. The minimum atomic E-state index is 0.360. The van der Waals surface area contributed by atoms with E-state index in [1.165, 1.54) is 0 Å². The molecule has 3 rings (SSSR count). The molecule has 2 aromatic rings. The van der Waals surface area contributed by atoms with Crippen molar-refractivity contribution in [3.63, 3.8) is 0 Å². The van der Waals surface area contributed by atoms with Crippen LogP contribution in [0.1, 0.15) is 6.92 Å². The summed E-state index contributed by atoms with van der Waals surface area (Å²) in [6.45, 7) is 6.93. The van der Waals surface area contributed by atoms with Crippen LogP contribution in [0.2, 0.25) is 0 Å². The Balaban J connectivity index is 1.60. The molecule has 1 saturated heterocycles. The van der Waals surface area contributed by atoms with Gasteiger partial charge in [-0.25, -0.2) is 4.98 Å². The first-order valence-electron chi connectivity index (χ1n) is 6.82. The van der Waals surface area contributed by atoms with E-state index in [0.29, 0.717) is 6.04 Å². The largest absolute Gasteiger partial charge is 0.379 e. The van der Waals surface area contributed by atoms with Crippen molar-refractivity contribution >= 4 is 17.0 Å². The van der Waals surface area contributed by atoms with Crippen LogP contribution in [0.15, 0.2) is 24.3 Å². The zero-order valence-corrected chi connectivity index (χ0v) is 11.2. The summed E-state index contributed by atoms with van der Waals surface area (Å²) < 4.78 is 5.36. The summed E-state index contributed by atoms with van der Waals surface area (Å²) in [6, 6.07) is 8.44. The second-order valence-electron chi connectivity index (χ2n) is 5.06. The number of ether oxygens (including phenoxy) is 1. The zero-order chi connectivity index (χ0) is 13.1. The van der Waals surface area contributed by atoms with E-state index in [0.717, 1.165) is 49.8 Å². The molecule has 1 atom stereocenters. The van der Waals surface area contributed by atoms with Crippen LogP contribution in [-0.4, -0.2) is 53.8 Å². The molecule has 0 saturated carbocycles. The molecule has 1 unspecified atom stereocenters. The van der Waals surface area contributed by atoms with E-state index < -0.39 is 0 Å². The maximum Gasteiger partial charge on any atom is 0.201 e. The molecule has 1 aliphatic rings. The Hall–Kier alpha value is -1.59. The lowest BCUT2D eigenvalue weighted by Crippen LogP contribution is -2.42. The normalized spacial score (nSPS) is 18.6. The van der Waals surface area contributed by atoms with Crippen LogP contribution in [-0.2, 0) is 4.74 Å². The van der Waals surface area contributed by atoms with Gasteiger partial charge in [0, 0.05) is 25.7 Å². The van der Waals surface area contributed by atoms with Gasteiger partial charge in [0.1, 0.15) is 0 Å². The van der Waals surface area contributed by atoms with Gasteiger partial charge in [0.25, 0.3) is 0 Å². The van der Waals surface area contributed by atoms with Crippen LogP contribution in [0.3, 0.4) is 0 Å². The van der Waals surface area contributed by atoms with Crippen molar-refractivity contribution in [2.24, 2.45) is 0 Å². The first-order chi connectivity index (χ1) is 9.31. The minimum Gasteiger partial charge on any atom is -0.379 e. The van der Waals surface area contributed by atoms with E-state index in [2.05, 4.69) is 27.1 Å². The molecule has 1 aromatic carbocycles. The van der Waals surface area contributed by atoms with Crippen LogP contribution >= 0.6 is 0 Å². The number of fused-ring (bicyclic) bond motifs is 1. The van der Waals surface area contributed by atoms with Crippen molar-refractivity contribution in [2.75, 3.05) is 38.2 Å². The van der Waals surface area contributed by atoms with Crippen LogP contribution < -0.4 is 5.32 Å². The molecule has 1 fully saturated rings. The number of nitrogens with zero attached hydrogens (tertiary/aromatic N) is 2. The van der Waals surface area contributed by atoms with Crippen LogP contribution in [0.4, 0.5) is 5.95 Å². The molecule has 0 spiro atoms. The third-order valence-corrected chi connectivity index (χ3v) is 3.41. The van der Waals surface area contributed by atoms with E-state index in [-0.39, 0.29) is 0 Å². The van der Waals surface area contributed by atoms with Gasteiger partial charge in [-0.1, -0.05) is 12.1 Å². The molecule has 0 bridgehead atoms. The number of aromatic nitrogens is 2. The molecule has 1 aliphatic heterocycles. The number of morpholine rings is 1. The van der Waals surface area contributed by atoms with Crippen LogP contribution in [0, 0.1) is 0 Å². The van der Waals surface area contributed by atoms with Gasteiger partial charge >= 0.3 is 0 Å². The number of rotatable bonds is 4. The van der Waals surface area contributed by atoms with Gasteiger partial charge in [-0.05, 0) is 19.1 Å². The Morgan fingerprint density at radius 1 is 1.37 bits per heavy atom. The molecule has 5 heteroatoms. The molecule has 19 heavy (non-hydrogen) atoms. The van der Waals surface area contributed by atoms with Crippen molar-refractivity contribution in [3.8, 4) is 0 Å². The Kier molecular flexibility index (Phi) is 3.66. The number of H-pyrrole nitrogens is 1. The second kappa shape index (κ2) is 5.59. The summed E-state index contributed by atoms with van der Waals surface area (Å²) in [5, 5.41) is 3.43. The summed E-state index contributed by atoms with van der Waals surface area (Å²) in [6.07, 6.45) is 0. The molecule has 2 heterocycles. The van der Waals surface area contributed by atoms with Crippen molar-refractivity contribution in [2.45, 2.75) is 13.0 Å². The number of aromatic amines is 1. The molecule has 5 nitrogen and oxygen atoms in total. The number of para-hydroxylation sites is 2. The number of benzene rings is 1. The quantitative estimate of drug-likeness (QED) is 0.878. The summed E-state index contributed by atoms with van der Waals surface area (Å²) in [7, 11) is 0. The number of hydrogen-bond donors (Lipinski definition) is 2. The predicted octanol–water partition coefficient (Wildman–Crippen LogP) is 1.70. The minimum absolute atomic E-state index is 0.360. The molecule has 102 valence electrons. The molecular weight excluding hydrogens is 240 g/mol. The average molecular weight is 260 g/mol. The Morgan fingerprint density at radius 3 is 2.95 bits per heavy atom. The zero-order valence-electron chi connectivity index (χ0n) is 11.2. The maximum absolute atomic E-state index is 5.36. The van der Waals surface area contributed by atoms with Crippen molar-refractivity contribution in [1.29, 1.82) is 0 Å². The third-order valence-electron chi connectivity index (χ3n) is 3.41. The molecule has 0 aliphatic carbocycles. The molecule has 0 amide bonds. The average Bonchev–Trinajstić information content (AvgIpc) is 2.81. The standard InChI is InChI=1S/C14H20N4O/c1-11(10-18-6-8-19-9-7-18)15-14-16-12-4-2-3-5-13(12)17-14/h2-5,11H,6-10H2,1H3,(H2,15,16,17). The van der Waals surface area contributed by atoms with Gasteiger partial charge in [0.05, 0.1) is 24.2 Å². The van der Waals surface area contributed by atoms with E-state index in [1.54, 1.807) is 0 Å². The lowest BCUT2D eigenvalue weighted by molar-refractivity contribution is 0.0368. The van der Waals surface area contributed by atoms with Crippen molar-refractivity contribution in [1.82, 2.24) is 14.9 Å². The number of hydrogen-bond acceptors (Lipinski definition) is 4. The first kappa shape index (κ1) is 12.4. The van der Waals surface area contributed by atoms with Gasteiger partial charge in [0.2, 0.25) is 5.95 Å². The van der Waals surface area contributed by atoms with E-state index >= 15 is 0 Å². The molecular formula is C14H20N4O. The molecule has 1 aromatic heterocycles. The third kappa shape index (κ3) is 3.05. The maximum atomic E-state index is 5.36. The van der Waals surface area contributed by atoms with E-state index in [1.807, 2.05) is 24.3 Å². The highest BCUT2D eigenvalue weighted by Gasteiger charge is 2.14. The molecule has 0 radical (unpaired) electrons. The lowest BCUT2D eigenvalue weighted by atomic mass is 10.3. The van der Waals surface area contributed by atoms with Gasteiger partial charge in [-0.3, -0.25) is 4.90 Å². The van der Waals surface area contributed by atoms with Gasteiger partial charge in [-0.2, -0.15) is 0 Å². The Bertz CT molecular complexity index is 500. The van der Waals surface area contributed by atoms with Gasteiger partial charge in [-0.15, -0.1) is 0 Å². The highest BCUT2D eigenvalue weighted by molar-refractivity contribution is 5.77. The summed E-state index contributed by atoms with van der Waals surface area (Å²) in [5.41, 5.74) is 2.08. The summed E-state index contributed by atoms with van der Waals surface area (Å²) in [5.74, 6) is 0.849. The Labute approximate surface area is 113 Å². The monoisotopic (exact) mass is 260 g/mol. The Morgan fingerprint density at radius 2 is 2.16 bits per heavy atom. The highest BCUT2D eigenvalue weighted by Crippen LogP contribution is 2.14. The van der Waals surface area contributed by atoms with E-state index in [4.69, 9.17) is 4.74 Å². The molecule has 2 N–H and O–H groups in total. The van der Waals surface area contributed by atoms with E-state index in [9.17, 15) is 0 Å². The summed E-state index contributed by atoms with van der Waals surface area (Å²) in [4.78, 5) is 10.3. The number of nitrogens with one attached hydrogen (secondary N) is 2. The highest BCUT2D eigenvalue weighted by atomic mass is 16.5. The predicted molar refractivity (Wildman–Crippen MR) is 76.4 cm³/mol. The fourth-order valence-electron chi connectivity index (χ4n) is 2.47. The number of anilines is 1.